The molecule has 0 radical (unpaired) electrons. The van der Waals surface area contributed by atoms with Crippen LogP contribution in [-0.2, 0) is 30.6 Å². The Morgan fingerprint density at radius 1 is 1.34 bits per heavy atom. The topological polar surface area (TPSA) is 256 Å². The molecule has 2 aliphatic rings. The van der Waals surface area contributed by atoms with Crippen molar-refractivity contribution in [1.82, 2.24) is 20.2 Å². The predicted molar refractivity (Wildman–Crippen MR) is 162 cm³/mol. The number of thiazole rings is 1. The summed E-state index contributed by atoms with van der Waals surface area (Å²) in [5.74, 6) is -3.34. The van der Waals surface area contributed by atoms with Crippen LogP contribution in [0.5, 0.6) is 0 Å². The van der Waals surface area contributed by atoms with Crippen molar-refractivity contribution in [3.8, 4) is 0 Å². The Bertz CT molecular complexity index is 1560. The van der Waals surface area contributed by atoms with Gasteiger partial charge in [0.25, 0.3) is 11.8 Å². The van der Waals surface area contributed by atoms with Crippen LogP contribution in [0, 0.1) is 0 Å². The molecule has 2 unspecified atom stereocenters. The molecule has 2 atom stereocenters. The number of nitrogen functional groups attached to an aromatic ring is 3. The van der Waals surface area contributed by atoms with E-state index >= 15 is 0 Å². The molecule has 1 saturated heterocycles. The number of nitrogens with two attached hydrogens (primary N) is 3. The van der Waals surface area contributed by atoms with Crippen molar-refractivity contribution in [2.75, 3.05) is 28.7 Å². The van der Waals surface area contributed by atoms with Crippen LogP contribution >= 0.6 is 34.9 Å². The number of oxime groups is 1. The first-order valence-corrected chi connectivity index (χ1v) is 16.1. The minimum Gasteiger partial charge on any atom is -0.543 e. The Morgan fingerprint density at radius 3 is 2.68 bits per heavy atom. The van der Waals surface area contributed by atoms with Crippen molar-refractivity contribution in [3.05, 3.63) is 28.4 Å². The number of rotatable bonds is 13. The van der Waals surface area contributed by atoms with Crippen molar-refractivity contribution < 1.29 is 38.8 Å². The van der Waals surface area contributed by atoms with E-state index in [0.29, 0.717) is 23.1 Å². The number of fused-ring (bicyclic) bond motifs is 1. The third-order valence-corrected chi connectivity index (χ3v) is 9.79. The number of aromatic nitrogens is 3. The molecule has 1 fully saturated rings. The second-order valence-electron chi connectivity index (χ2n) is 10.2. The van der Waals surface area contributed by atoms with Gasteiger partial charge in [-0.2, -0.15) is 0 Å². The summed E-state index contributed by atoms with van der Waals surface area (Å²) in [7, 11) is 0. The SMILES string of the molecule is CCCC[n+]1c(N)cc(N)nc1SCC1=C(C(=O)[O-])N2C(=O)C(NC(=O)/C(=N\OC(C)(C)C(=O)O)c3cnc(N)s3)C2SC1. The van der Waals surface area contributed by atoms with Crippen LogP contribution in [0.3, 0.4) is 0 Å². The third kappa shape index (κ3) is 6.83. The van der Waals surface area contributed by atoms with E-state index in [0.717, 1.165) is 29.1 Å². The van der Waals surface area contributed by atoms with Crippen molar-refractivity contribution in [3.63, 3.8) is 0 Å². The Hall–Kier alpha value is -4.10. The van der Waals surface area contributed by atoms with Crippen molar-refractivity contribution in [2.24, 2.45) is 5.16 Å². The van der Waals surface area contributed by atoms with Crippen molar-refractivity contribution in [2.45, 2.75) is 62.3 Å². The average molecular weight is 666 g/mol. The smallest absolute Gasteiger partial charge is 0.350 e. The average Bonchev–Trinajstić information content (AvgIpc) is 3.38. The van der Waals surface area contributed by atoms with Crippen LogP contribution in [0.15, 0.2) is 33.8 Å². The Balaban J connectivity index is 1.53. The van der Waals surface area contributed by atoms with Crippen LogP contribution < -0.4 is 32.2 Å². The summed E-state index contributed by atoms with van der Waals surface area (Å²) < 4.78 is 1.81. The summed E-state index contributed by atoms with van der Waals surface area (Å²) in [6, 6.07) is 0.449. The minimum atomic E-state index is -1.77. The lowest BCUT2D eigenvalue weighted by molar-refractivity contribution is -0.723. The fourth-order valence-corrected chi connectivity index (χ4v) is 7.33. The van der Waals surface area contributed by atoms with Crippen LogP contribution in [0.2, 0.25) is 0 Å². The van der Waals surface area contributed by atoms with Gasteiger partial charge in [0.05, 0.1) is 29.2 Å². The lowest BCUT2D eigenvalue weighted by Gasteiger charge is -2.50. The molecule has 4 rings (SSSR count). The van der Waals surface area contributed by atoms with Gasteiger partial charge in [-0.3, -0.25) is 14.5 Å². The Labute approximate surface area is 264 Å². The van der Waals surface area contributed by atoms with Gasteiger partial charge >= 0.3 is 11.1 Å². The van der Waals surface area contributed by atoms with Gasteiger partial charge in [-0.25, -0.2) is 14.3 Å². The van der Waals surface area contributed by atoms with Gasteiger partial charge in [0.2, 0.25) is 17.2 Å². The number of unbranched alkanes of at least 4 members (excludes halogenated alkanes) is 1. The number of hydrogen-bond donors (Lipinski definition) is 5. The van der Waals surface area contributed by atoms with Gasteiger partial charge in [-0.1, -0.05) is 34.8 Å². The van der Waals surface area contributed by atoms with Crippen LogP contribution in [0.1, 0.15) is 38.5 Å². The first-order chi connectivity index (χ1) is 20.7. The molecule has 2 aromatic rings. The molecular formula is C25H31N9O7S3. The quantitative estimate of drug-likeness (QED) is 0.0436. The number of nitrogens with zero attached hydrogens (tertiary/aromatic N) is 5. The normalized spacial score (nSPS) is 18.5. The molecule has 0 spiro atoms. The van der Waals surface area contributed by atoms with E-state index in [2.05, 4.69) is 20.4 Å². The highest BCUT2D eigenvalue weighted by molar-refractivity contribution is 8.01. The highest BCUT2D eigenvalue weighted by atomic mass is 32.2. The third-order valence-electron chi connectivity index (χ3n) is 6.55. The zero-order valence-electron chi connectivity index (χ0n) is 23.9. The van der Waals surface area contributed by atoms with Crippen LogP contribution in [0.25, 0.3) is 0 Å². The van der Waals surface area contributed by atoms with E-state index in [9.17, 15) is 29.4 Å². The summed E-state index contributed by atoms with van der Waals surface area (Å²) in [5.41, 5.74) is 15.8. The van der Waals surface area contributed by atoms with Gasteiger partial charge in [-0.05, 0) is 37.6 Å². The number of carbonyl (C=O) groups excluding carboxylic acids is 3. The molecule has 19 heteroatoms. The monoisotopic (exact) mass is 665 g/mol. The summed E-state index contributed by atoms with van der Waals surface area (Å²) >= 11 is 3.41. The molecule has 0 bridgehead atoms. The summed E-state index contributed by atoms with van der Waals surface area (Å²) in [4.78, 5) is 64.9. The molecule has 236 valence electrons. The summed E-state index contributed by atoms with van der Waals surface area (Å²) in [6.07, 6.45) is 3.03. The fraction of sp³-hybridized carbons (Fsp3) is 0.440. The molecule has 8 N–H and O–H groups in total. The van der Waals surface area contributed by atoms with Gasteiger partial charge in [0.1, 0.15) is 11.4 Å². The number of carboxylic acids is 2. The van der Waals surface area contributed by atoms with Crippen LogP contribution in [0.4, 0.5) is 16.8 Å². The van der Waals surface area contributed by atoms with E-state index < -0.39 is 40.8 Å². The number of β-lactam (4-membered cyclic amide) rings is 1. The maximum absolute atomic E-state index is 13.3. The molecule has 0 saturated carbocycles. The number of nitrogens with one attached hydrogen (secondary N) is 1. The Morgan fingerprint density at radius 2 is 2.07 bits per heavy atom. The molecule has 2 aliphatic heterocycles. The number of carbonyl (C=O) groups is 4. The first-order valence-electron chi connectivity index (χ1n) is 13.2. The number of hydrogen-bond acceptors (Lipinski definition) is 15. The van der Waals surface area contributed by atoms with Crippen LogP contribution in [-0.4, -0.2) is 78.0 Å². The lowest BCUT2D eigenvalue weighted by atomic mass is 10.0. The van der Waals surface area contributed by atoms with E-state index in [1.54, 1.807) is 10.6 Å². The fourth-order valence-electron chi connectivity index (χ4n) is 4.13. The van der Waals surface area contributed by atoms with E-state index in [1.165, 1.54) is 43.6 Å². The van der Waals surface area contributed by atoms with E-state index in [4.69, 9.17) is 22.0 Å². The van der Waals surface area contributed by atoms with Crippen molar-refractivity contribution >= 4 is 81.1 Å². The second kappa shape index (κ2) is 13.3. The van der Waals surface area contributed by atoms with Gasteiger partial charge in [0.15, 0.2) is 10.8 Å². The number of carboxylic acid groups (broad SMARTS) is 2. The largest absolute Gasteiger partial charge is 0.543 e. The highest BCUT2D eigenvalue weighted by Gasteiger charge is 2.53. The first kappa shape index (κ1) is 32.8. The molecular weight excluding hydrogens is 635 g/mol. The lowest BCUT2D eigenvalue weighted by Crippen LogP contribution is -2.71. The number of anilines is 3. The van der Waals surface area contributed by atoms with E-state index in [1.807, 2.05) is 6.92 Å². The molecule has 4 heterocycles. The van der Waals surface area contributed by atoms with Gasteiger partial charge in [0, 0.05) is 17.7 Å². The number of aliphatic carboxylic acids is 2. The molecule has 0 aromatic carbocycles. The van der Waals surface area contributed by atoms with Gasteiger partial charge < -0.3 is 42.4 Å². The summed E-state index contributed by atoms with van der Waals surface area (Å²) in [6.45, 7) is 5.13. The molecule has 44 heavy (non-hydrogen) atoms. The standard InChI is InChI=1S/C25H31N9O7S3/c1-4-5-6-33-14(27)7-13(26)30-24(33)43-10-11-9-42-20-16(19(36)34(20)17(11)21(37)38)31-18(35)15(12-8-29-23(28)44-12)32-41-25(2,3)22(39)40/h7-8,16,20H,4-6,9-10H2,1-3H3,(H8,26,27,28,29,31,32,35,37,38,39,40). The maximum Gasteiger partial charge on any atom is 0.350 e. The molecule has 0 aliphatic carbocycles. The zero-order chi connectivity index (χ0) is 32.3. The van der Waals surface area contributed by atoms with Crippen molar-refractivity contribution in [1.29, 1.82) is 0 Å². The van der Waals surface area contributed by atoms with Gasteiger partial charge in [-0.15, -0.1) is 11.8 Å². The molecule has 2 aromatic heterocycles. The molecule has 16 nitrogen and oxygen atoms in total. The zero-order valence-corrected chi connectivity index (χ0v) is 26.4. The maximum atomic E-state index is 13.3. The Kier molecular flexibility index (Phi) is 9.89. The summed E-state index contributed by atoms with van der Waals surface area (Å²) in [5, 5.41) is 27.8. The number of thioether (sulfide) groups is 2. The predicted octanol–water partition coefficient (Wildman–Crippen LogP) is -0.848. The minimum absolute atomic E-state index is 0.118. The molecule has 2 amide bonds. The second-order valence-corrected chi connectivity index (χ2v) is 13.3. The van der Waals surface area contributed by atoms with E-state index in [-0.39, 0.29) is 38.7 Å². The number of amides is 2. The highest BCUT2D eigenvalue weighted by Crippen LogP contribution is 2.41.